The van der Waals surface area contributed by atoms with E-state index in [9.17, 15) is 24.3 Å². The van der Waals surface area contributed by atoms with Crippen LogP contribution in [0.5, 0.6) is 0 Å². The molecule has 0 unspecified atom stereocenters. The van der Waals surface area contributed by atoms with E-state index < -0.39 is 41.7 Å². The third kappa shape index (κ3) is 6.50. The molecule has 4 fully saturated rings. The summed E-state index contributed by atoms with van der Waals surface area (Å²) >= 11 is 0. The Balaban J connectivity index is 1.49. The number of carbonyl (C=O) groups excluding carboxylic acids is 4. The zero-order chi connectivity index (χ0) is 29.6. The lowest BCUT2D eigenvalue weighted by atomic mass is 9.70. The second-order valence-corrected chi connectivity index (χ2v) is 11.2. The number of hydrogen-bond donors (Lipinski definition) is 2. The second-order valence-electron chi connectivity index (χ2n) is 11.2. The SMILES string of the molecule is C=CCCC(=O)NC[C@@H](C)OC(=O)[C@@H]1[C@H]2C(=O)N(CCO)[C@H](C(=O)N(CC=C)CCN3CCOCC3)[C@]23CC[C@H]1O3. The molecule has 0 aromatic rings. The predicted molar refractivity (Wildman–Crippen MR) is 148 cm³/mol. The Morgan fingerprint density at radius 2 is 2.00 bits per heavy atom. The molecule has 0 aliphatic carbocycles. The van der Waals surface area contributed by atoms with E-state index >= 15 is 0 Å². The number of nitrogens with zero attached hydrogens (tertiary/aromatic N) is 3. The fourth-order valence-electron chi connectivity index (χ4n) is 6.65. The van der Waals surface area contributed by atoms with Crippen LogP contribution in [0.25, 0.3) is 0 Å². The summed E-state index contributed by atoms with van der Waals surface area (Å²) in [4.78, 5) is 58.7. The van der Waals surface area contributed by atoms with Gasteiger partial charge < -0.3 is 34.4 Å². The van der Waals surface area contributed by atoms with Crippen LogP contribution >= 0.6 is 0 Å². The molecule has 0 aromatic heterocycles. The third-order valence-electron chi connectivity index (χ3n) is 8.58. The van der Waals surface area contributed by atoms with E-state index in [1.807, 2.05) is 0 Å². The van der Waals surface area contributed by atoms with Crippen LogP contribution in [-0.4, -0.2) is 133 Å². The van der Waals surface area contributed by atoms with Gasteiger partial charge in [-0.15, -0.1) is 13.2 Å². The highest BCUT2D eigenvalue weighted by atomic mass is 16.6. The van der Waals surface area contributed by atoms with Crippen molar-refractivity contribution in [3.05, 3.63) is 25.3 Å². The average molecular weight is 577 g/mol. The highest BCUT2D eigenvalue weighted by Crippen LogP contribution is 2.58. The number of amides is 3. The average Bonchev–Trinajstić information content (AvgIpc) is 3.61. The molecule has 3 amide bonds. The van der Waals surface area contributed by atoms with Gasteiger partial charge in [0, 0.05) is 45.7 Å². The Labute approximate surface area is 241 Å². The molecule has 6 atom stereocenters. The van der Waals surface area contributed by atoms with Crippen molar-refractivity contribution in [1.82, 2.24) is 20.0 Å². The quantitative estimate of drug-likeness (QED) is 0.199. The summed E-state index contributed by atoms with van der Waals surface area (Å²) < 4.78 is 17.5. The van der Waals surface area contributed by atoms with Gasteiger partial charge in [0.1, 0.15) is 17.7 Å². The maximum atomic E-state index is 14.2. The van der Waals surface area contributed by atoms with Crippen molar-refractivity contribution in [1.29, 1.82) is 0 Å². The number of nitrogens with one attached hydrogen (secondary N) is 1. The number of allylic oxidation sites excluding steroid dienone is 1. The smallest absolute Gasteiger partial charge is 0.312 e. The molecule has 41 heavy (non-hydrogen) atoms. The Kier molecular flexibility index (Phi) is 10.6. The molecule has 2 N–H and O–H groups in total. The Bertz CT molecular complexity index is 1000. The van der Waals surface area contributed by atoms with Crippen molar-refractivity contribution >= 4 is 23.7 Å². The van der Waals surface area contributed by atoms with E-state index in [1.54, 1.807) is 24.0 Å². The number of ether oxygens (including phenoxy) is 3. The summed E-state index contributed by atoms with van der Waals surface area (Å²) in [6, 6.07) is -0.957. The molecular weight excluding hydrogens is 532 g/mol. The van der Waals surface area contributed by atoms with Gasteiger partial charge in [0.05, 0.1) is 44.3 Å². The van der Waals surface area contributed by atoms with Gasteiger partial charge in [-0.05, 0) is 26.2 Å². The Morgan fingerprint density at radius 3 is 2.68 bits per heavy atom. The molecule has 4 aliphatic heterocycles. The molecule has 2 bridgehead atoms. The van der Waals surface area contributed by atoms with Gasteiger partial charge in [-0.1, -0.05) is 12.2 Å². The van der Waals surface area contributed by atoms with Gasteiger partial charge in [0.2, 0.25) is 17.7 Å². The molecule has 1 spiro atoms. The minimum atomic E-state index is -1.17. The fourth-order valence-corrected chi connectivity index (χ4v) is 6.65. The first-order chi connectivity index (χ1) is 19.8. The third-order valence-corrected chi connectivity index (χ3v) is 8.58. The number of aliphatic hydroxyl groups excluding tert-OH is 1. The first-order valence-corrected chi connectivity index (χ1v) is 14.6. The van der Waals surface area contributed by atoms with Gasteiger partial charge in [0.15, 0.2) is 0 Å². The van der Waals surface area contributed by atoms with E-state index in [4.69, 9.17) is 14.2 Å². The second kappa shape index (κ2) is 13.9. The Hall–Kier alpha value is -2.80. The van der Waals surface area contributed by atoms with Crippen molar-refractivity contribution in [2.45, 2.75) is 56.5 Å². The highest BCUT2D eigenvalue weighted by molar-refractivity contribution is 5.98. The van der Waals surface area contributed by atoms with E-state index in [1.165, 1.54) is 4.90 Å². The number of aliphatic hydroxyl groups is 1. The zero-order valence-corrected chi connectivity index (χ0v) is 24.0. The fraction of sp³-hybridized carbons (Fsp3) is 0.724. The van der Waals surface area contributed by atoms with Gasteiger partial charge in [-0.2, -0.15) is 0 Å². The summed E-state index contributed by atoms with van der Waals surface area (Å²) in [5.41, 5.74) is -1.17. The van der Waals surface area contributed by atoms with Crippen LogP contribution in [0.15, 0.2) is 25.3 Å². The van der Waals surface area contributed by atoms with Gasteiger partial charge in [-0.25, -0.2) is 0 Å². The van der Waals surface area contributed by atoms with Crippen LogP contribution in [0.4, 0.5) is 0 Å². The normalized spacial score (nSPS) is 29.6. The molecule has 4 aliphatic rings. The first-order valence-electron chi connectivity index (χ1n) is 14.6. The van der Waals surface area contributed by atoms with Gasteiger partial charge in [-0.3, -0.25) is 24.1 Å². The molecule has 0 aromatic carbocycles. The van der Waals surface area contributed by atoms with Crippen LogP contribution in [-0.2, 0) is 33.4 Å². The lowest BCUT2D eigenvalue weighted by Gasteiger charge is -2.37. The summed E-state index contributed by atoms with van der Waals surface area (Å²) in [5, 5.41) is 12.6. The standard InChI is InChI=1S/C29H44N4O8/c1-4-6-7-22(35)30-19-20(3)40-28(38)23-21-8-9-29(41-21)24(23)26(36)33(13-16-34)25(29)27(37)32(10-5-2)12-11-31-14-17-39-18-15-31/h4-5,20-21,23-25,34H,1-2,6-19H2,3H3,(H,30,35)/t20-,21-,23+,24+,25-,29+/m1/s1. The van der Waals surface area contributed by atoms with Crippen LogP contribution in [0.3, 0.4) is 0 Å². The van der Waals surface area contributed by atoms with Crippen LogP contribution in [0.2, 0.25) is 0 Å². The van der Waals surface area contributed by atoms with Crippen LogP contribution in [0.1, 0.15) is 32.6 Å². The molecule has 4 heterocycles. The van der Waals surface area contributed by atoms with Crippen LogP contribution < -0.4 is 5.32 Å². The van der Waals surface area contributed by atoms with Crippen LogP contribution in [0, 0.1) is 11.8 Å². The molecule has 12 nitrogen and oxygen atoms in total. The number of fused-ring (bicyclic) bond motifs is 1. The molecule has 0 radical (unpaired) electrons. The van der Waals surface area contributed by atoms with Crippen molar-refractivity contribution < 1.29 is 38.5 Å². The predicted octanol–water partition coefficient (Wildman–Crippen LogP) is -0.286. The molecule has 12 heteroatoms. The van der Waals surface area contributed by atoms with E-state index in [0.29, 0.717) is 58.5 Å². The Morgan fingerprint density at radius 1 is 1.24 bits per heavy atom. The minimum Gasteiger partial charge on any atom is -0.460 e. The molecule has 4 rings (SSSR count). The highest BCUT2D eigenvalue weighted by Gasteiger charge is 2.75. The number of hydrogen-bond acceptors (Lipinski definition) is 9. The topological polar surface area (TPSA) is 138 Å². The van der Waals surface area contributed by atoms with Crippen molar-refractivity contribution in [2.24, 2.45) is 11.8 Å². The first kappa shape index (κ1) is 31.1. The zero-order valence-electron chi connectivity index (χ0n) is 24.0. The van der Waals surface area contributed by atoms with E-state index in [0.717, 1.165) is 13.1 Å². The summed E-state index contributed by atoms with van der Waals surface area (Å²) in [5.74, 6) is -3.13. The van der Waals surface area contributed by atoms with E-state index in [2.05, 4.69) is 23.4 Å². The lowest BCUT2D eigenvalue weighted by molar-refractivity contribution is -0.159. The number of carbonyl (C=O) groups is 4. The summed E-state index contributed by atoms with van der Waals surface area (Å²) in [7, 11) is 0. The van der Waals surface area contributed by atoms with Crippen molar-refractivity contribution in [2.75, 3.05) is 65.6 Å². The van der Waals surface area contributed by atoms with Gasteiger partial charge in [0.25, 0.3) is 0 Å². The largest absolute Gasteiger partial charge is 0.460 e. The van der Waals surface area contributed by atoms with E-state index in [-0.39, 0.29) is 37.4 Å². The molecular formula is C29H44N4O8. The number of esters is 1. The number of likely N-dealkylation sites (tertiary alicyclic amines) is 1. The number of morpholine rings is 1. The summed E-state index contributed by atoms with van der Waals surface area (Å²) in [6.07, 6.45) is 3.98. The van der Waals surface area contributed by atoms with Gasteiger partial charge >= 0.3 is 5.97 Å². The lowest BCUT2D eigenvalue weighted by Crippen LogP contribution is -2.57. The monoisotopic (exact) mass is 576 g/mol. The minimum absolute atomic E-state index is 0.0399. The maximum absolute atomic E-state index is 14.2. The number of β-amino-alcohol motifs (C(OH)–C–C–N with tert-alkyl or cyclic N) is 1. The maximum Gasteiger partial charge on any atom is 0.312 e. The molecule has 0 saturated carbocycles. The summed E-state index contributed by atoms with van der Waals surface area (Å²) in [6.45, 7) is 13.1. The van der Waals surface area contributed by atoms with Crippen molar-refractivity contribution in [3.63, 3.8) is 0 Å². The molecule has 4 saturated heterocycles. The molecule has 228 valence electrons. The number of rotatable bonds is 15. The van der Waals surface area contributed by atoms with Crippen molar-refractivity contribution in [3.8, 4) is 0 Å².